The van der Waals surface area contributed by atoms with Crippen LogP contribution in [-0.4, -0.2) is 37.0 Å². The molecule has 1 fully saturated rings. The summed E-state index contributed by atoms with van der Waals surface area (Å²) >= 11 is 0. The van der Waals surface area contributed by atoms with Gasteiger partial charge in [0.25, 0.3) is 0 Å². The predicted molar refractivity (Wildman–Crippen MR) is 70.1 cm³/mol. The summed E-state index contributed by atoms with van der Waals surface area (Å²) in [5, 5.41) is 0. The Morgan fingerprint density at radius 3 is 2.44 bits per heavy atom. The fourth-order valence-corrected chi connectivity index (χ4v) is 2.56. The minimum Gasteiger partial charge on any atom is -0.468 e. The van der Waals surface area contributed by atoms with Crippen molar-refractivity contribution in [3.8, 4) is 0 Å². The fourth-order valence-electron chi connectivity index (χ4n) is 2.56. The molecule has 0 saturated heterocycles. The van der Waals surface area contributed by atoms with Gasteiger partial charge in [-0.1, -0.05) is 32.1 Å². The van der Waals surface area contributed by atoms with E-state index in [2.05, 4.69) is 4.74 Å². The van der Waals surface area contributed by atoms with E-state index in [1.165, 1.54) is 39.2 Å². The molecule has 1 aliphatic carbocycles. The Morgan fingerprint density at radius 2 is 1.89 bits per heavy atom. The Kier molecular flexibility index (Phi) is 6.76. The standard InChI is InChI=1S/C14H25NO3/c1-3-15(11-14(17)18-2)13(16)10-9-12-7-5-4-6-8-12/h12H,3-11H2,1-2H3. The summed E-state index contributed by atoms with van der Waals surface area (Å²) < 4.78 is 4.59. The van der Waals surface area contributed by atoms with Gasteiger partial charge in [-0.05, 0) is 19.3 Å². The van der Waals surface area contributed by atoms with Crippen LogP contribution in [-0.2, 0) is 14.3 Å². The van der Waals surface area contributed by atoms with Crippen molar-refractivity contribution in [1.82, 2.24) is 4.90 Å². The zero-order valence-electron chi connectivity index (χ0n) is 11.6. The average Bonchev–Trinajstić information content (AvgIpc) is 2.42. The second-order valence-electron chi connectivity index (χ2n) is 5.03. The van der Waals surface area contributed by atoms with Crippen molar-refractivity contribution < 1.29 is 14.3 Å². The lowest BCUT2D eigenvalue weighted by Gasteiger charge is -2.23. The first kappa shape index (κ1) is 15.0. The Morgan fingerprint density at radius 1 is 1.22 bits per heavy atom. The summed E-state index contributed by atoms with van der Waals surface area (Å²) in [5.41, 5.74) is 0. The second-order valence-corrected chi connectivity index (χ2v) is 5.03. The largest absolute Gasteiger partial charge is 0.468 e. The number of amides is 1. The van der Waals surface area contributed by atoms with Crippen LogP contribution >= 0.6 is 0 Å². The van der Waals surface area contributed by atoms with Crippen LogP contribution in [0.5, 0.6) is 0 Å². The molecule has 4 nitrogen and oxygen atoms in total. The van der Waals surface area contributed by atoms with Gasteiger partial charge in [0.2, 0.25) is 5.91 Å². The molecule has 0 heterocycles. The van der Waals surface area contributed by atoms with Gasteiger partial charge < -0.3 is 9.64 Å². The van der Waals surface area contributed by atoms with E-state index in [4.69, 9.17) is 0 Å². The lowest BCUT2D eigenvalue weighted by atomic mass is 9.86. The summed E-state index contributed by atoms with van der Waals surface area (Å²) in [6, 6.07) is 0. The van der Waals surface area contributed by atoms with E-state index in [0.29, 0.717) is 18.9 Å². The normalized spacial score (nSPS) is 16.3. The molecule has 0 aromatic heterocycles. The van der Waals surface area contributed by atoms with Crippen molar-refractivity contribution in [2.24, 2.45) is 5.92 Å². The molecule has 0 radical (unpaired) electrons. The highest BCUT2D eigenvalue weighted by Crippen LogP contribution is 2.27. The Labute approximate surface area is 110 Å². The van der Waals surface area contributed by atoms with Crippen molar-refractivity contribution in [2.75, 3.05) is 20.2 Å². The van der Waals surface area contributed by atoms with E-state index >= 15 is 0 Å². The lowest BCUT2D eigenvalue weighted by molar-refractivity contribution is -0.147. The molecule has 0 N–H and O–H groups in total. The third-order valence-electron chi connectivity index (χ3n) is 3.77. The third-order valence-corrected chi connectivity index (χ3v) is 3.77. The average molecular weight is 255 g/mol. The van der Waals surface area contributed by atoms with Crippen LogP contribution in [0.2, 0.25) is 0 Å². The zero-order chi connectivity index (χ0) is 13.4. The first-order valence-corrected chi connectivity index (χ1v) is 7.02. The van der Waals surface area contributed by atoms with Crippen LogP contribution < -0.4 is 0 Å². The molecule has 4 heteroatoms. The molecule has 18 heavy (non-hydrogen) atoms. The van der Waals surface area contributed by atoms with Gasteiger partial charge in [-0.15, -0.1) is 0 Å². The highest BCUT2D eigenvalue weighted by molar-refractivity contribution is 5.81. The van der Waals surface area contributed by atoms with Gasteiger partial charge in [-0.25, -0.2) is 0 Å². The first-order chi connectivity index (χ1) is 8.67. The van der Waals surface area contributed by atoms with Crippen molar-refractivity contribution in [2.45, 2.75) is 51.9 Å². The first-order valence-electron chi connectivity index (χ1n) is 7.02. The van der Waals surface area contributed by atoms with Crippen molar-refractivity contribution in [3.05, 3.63) is 0 Å². The third kappa shape index (κ3) is 5.07. The number of carbonyl (C=O) groups is 2. The number of methoxy groups -OCH3 is 1. The van der Waals surface area contributed by atoms with Crippen molar-refractivity contribution >= 4 is 11.9 Å². The topological polar surface area (TPSA) is 46.6 Å². The molecule has 0 atom stereocenters. The molecule has 0 aromatic rings. The number of esters is 1. The zero-order valence-corrected chi connectivity index (χ0v) is 11.6. The monoisotopic (exact) mass is 255 g/mol. The van der Waals surface area contributed by atoms with Gasteiger partial charge in [0.05, 0.1) is 7.11 Å². The maximum atomic E-state index is 12.0. The SMILES string of the molecule is CCN(CC(=O)OC)C(=O)CCC1CCCCC1. The molecule has 0 aromatic carbocycles. The second kappa shape index (κ2) is 8.11. The number of rotatable bonds is 6. The molecular weight excluding hydrogens is 230 g/mol. The number of likely N-dealkylation sites (N-methyl/N-ethyl adjacent to an activating group) is 1. The molecule has 1 saturated carbocycles. The molecular formula is C14H25NO3. The Bertz CT molecular complexity index is 272. The van der Waals surface area contributed by atoms with E-state index in [1.807, 2.05) is 6.92 Å². The number of hydrogen-bond acceptors (Lipinski definition) is 3. The van der Waals surface area contributed by atoms with E-state index < -0.39 is 0 Å². The summed E-state index contributed by atoms with van der Waals surface area (Å²) in [7, 11) is 1.35. The molecule has 0 unspecified atom stereocenters. The van der Waals surface area contributed by atoms with Crippen molar-refractivity contribution in [1.29, 1.82) is 0 Å². The fraction of sp³-hybridized carbons (Fsp3) is 0.857. The Hall–Kier alpha value is -1.06. The van der Waals surface area contributed by atoms with Crippen LogP contribution in [0.25, 0.3) is 0 Å². The van der Waals surface area contributed by atoms with E-state index in [9.17, 15) is 9.59 Å². The van der Waals surface area contributed by atoms with Gasteiger partial charge >= 0.3 is 5.97 Å². The van der Waals surface area contributed by atoms with E-state index in [0.717, 1.165) is 6.42 Å². The summed E-state index contributed by atoms with van der Waals surface area (Å²) in [6.45, 7) is 2.54. The van der Waals surface area contributed by atoms with Crippen LogP contribution in [0.15, 0.2) is 0 Å². The highest BCUT2D eigenvalue weighted by Gasteiger charge is 2.19. The van der Waals surface area contributed by atoms with Gasteiger partial charge in [-0.3, -0.25) is 9.59 Å². The van der Waals surface area contributed by atoms with Crippen LogP contribution in [0.4, 0.5) is 0 Å². The Balaban J connectivity index is 2.30. The quantitative estimate of drug-likeness (QED) is 0.685. The summed E-state index contributed by atoms with van der Waals surface area (Å²) in [4.78, 5) is 24.7. The highest BCUT2D eigenvalue weighted by atomic mass is 16.5. The molecule has 0 aliphatic heterocycles. The van der Waals surface area contributed by atoms with Crippen LogP contribution in [0, 0.1) is 5.92 Å². The molecule has 1 rings (SSSR count). The van der Waals surface area contributed by atoms with E-state index in [1.54, 1.807) is 4.90 Å². The number of carbonyl (C=O) groups excluding carboxylic acids is 2. The number of hydrogen-bond donors (Lipinski definition) is 0. The minimum absolute atomic E-state index is 0.0773. The summed E-state index contributed by atoms with van der Waals surface area (Å²) in [6.07, 6.45) is 8.00. The maximum absolute atomic E-state index is 12.0. The van der Waals surface area contributed by atoms with E-state index in [-0.39, 0.29) is 18.4 Å². The van der Waals surface area contributed by atoms with Crippen LogP contribution in [0.3, 0.4) is 0 Å². The summed E-state index contributed by atoms with van der Waals surface area (Å²) in [5.74, 6) is 0.441. The molecule has 0 spiro atoms. The van der Waals surface area contributed by atoms with Gasteiger partial charge in [0.1, 0.15) is 6.54 Å². The number of nitrogens with zero attached hydrogens (tertiary/aromatic N) is 1. The molecule has 1 amide bonds. The van der Waals surface area contributed by atoms with Gasteiger partial charge in [-0.2, -0.15) is 0 Å². The minimum atomic E-state index is -0.345. The molecule has 0 bridgehead atoms. The maximum Gasteiger partial charge on any atom is 0.325 e. The molecule has 104 valence electrons. The van der Waals surface area contributed by atoms with Crippen LogP contribution in [0.1, 0.15) is 51.9 Å². The van der Waals surface area contributed by atoms with Crippen molar-refractivity contribution in [3.63, 3.8) is 0 Å². The lowest BCUT2D eigenvalue weighted by Crippen LogP contribution is -2.36. The smallest absolute Gasteiger partial charge is 0.325 e. The van der Waals surface area contributed by atoms with Gasteiger partial charge in [0.15, 0.2) is 0 Å². The molecule has 1 aliphatic rings. The number of ether oxygens (including phenoxy) is 1. The predicted octanol–water partition coefficient (Wildman–Crippen LogP) is 2.37. The van der Waals surface area contributed by atoms with Gasteiger partial charge in [0, 0.05) is 13.0 Å².